The van der Waals surface area contributed by atoms with Crippen LogP contribution in [0.5, 0.6) is 0 Å². The predicted molar refractivity (Wildman–Crippen MR) is 125 cm³/mol. The van der Waals surface area contributed by atoms with Gasteiger partial charge in [-0.1, -0.05) is 54.6 Å². The molecule has 6 N–H and O–H groups in total. The molecule has 0 saturated heterocycles. The molecule has 1 heterocycles. The second-order valence-electron chi connectivity index (χ2n) is 6.75. The second kappa shape index (κ2) is 13.9. The number of carboxylic acid groups (broad SMARTS) is 2. The van der Waals surface area contributed by atoms with Gasteiger partial charge >= 0.3 is 24.1 Å². The molecule has 2 aliphatic rings. The van der Waals surface area contributed by atoms with E-state index in [0.717, 1.165) is 10.5 Å². The lowest BCUT2D eigenvalue weighted by Gasteiger charge is -2.09. The number of rotatable bonds is 5. The van der Waals surface area contributed by atoms with Gasteiger partial charge in [0.2, 0.25) is 5.91 Å². The van der Waals surface area contributed by atoms with Gasteiger partial charge in [0, 0.05) is 10.5 Å². The van der Waals surface area contributed by atoms with Gasteiger partial charge in [0.15, 0.2) is 0 Å². The van der Waals surface area contributed by atoms with E-state index in [4.69, 9.17) is 31.2 Å². The topological polar surface area (TPSA) is 170 Å². The fraction of sp³-hybridized carbons (Fsp3) is 0.217. The molecule has 1 aromatic rings. The summed E-state index contributed by atoms with van der Waals surface area (Å²) in [6.07, 6.45) is 4.13. The van der Waals surface area contributed by atoms with Gasteiger partial charge in [-0.05, 0) is 18.6 Å². The largest absolute Gasteiger partial charge is 0.490 e. The van der Waals surface area contributed by atoms with Crippen molar-refractivity contribution in [1.82, 2.24) is 0 Å². The molecule has 1 aliphatic carbocycles. The molecular weight excluding hydrogens is 505 g/mol. The minimum atomic E-state index is -5.08. The van der Waals surface area contributed by atoms with Crippen LogP contribution in [0.25, 0.3) is 0 Å². The molecule has 0 bridgehead atoms. The Bertz CT molecular complexity index is 1100. The number of nitrogens with two attached hydrogens (primary N) is 2. The highest BCUT2D eigenvalue weighted by Gasteiger charge is 2.38. The first kappa shape index (κ1) is 30.2. The van der Waals surface area contributed by atoms with Crippen molar-refractivity contribution in [1.29, 1.82) is 0 Å². The zero-order valence-electron chi connectivity index (χ0n) is 18.8. The van der Waals surface area contributed by atoms with E-state index in [0.29, 0.717) is 11.1 Å². The van der Waals surface area contributed by atoms with Gasteiger partial charge < -0.3 is 26.4 Å². The van der Waals surface area contributed by atoms with Crippen LogP contribution in [0.4, 0.5) is 13.2 Å². The monoisotopic (exact) mass is 528 g/mol. The number of aliphatic carboxylic acids is 2. The van der Waals surface area contributed by atoms with Crippen molar-refractivity contribution in [2.45, 2.75) is 24.4 Å². The smallest absolute Gasteiger partial charge is 0.480 e. The van der Waals surface area contributed by atoms with Crippen LogP contribution in [0, 0.1) is 0 Å². The highest BCUT2D eigenvalue weighted by atomic mass is 32.2. The Labute approximate surface area is 208 Å². The third kappa shape index (κ3) is 9.07. The number of allylic oxidation sites excluding steroid dienone is 6. The fourth-order valence-electron chi connectivity index (χ4n) is 2.61. The molecule has 9 nitrogen and oxygen atoms in total. The lowest BCUT2D eigenvalue weighted by atomic mass is 10.0. The molecular formula is C23H23F3N2O7S. The number of amides is 1. The third-order valence-electron chi connectivity index (χ3n) is 4.22. The Morgan fingerprint density at radius 2 is 1.67 bits per heavy atom. The van der Waals surface area contributed by atoms with Crippen LogP contribution in [0.1, 0.15) is 18.5 Å². The fourth-order valence-corrected chi connectivity index (χ4v) is 3.79. The molecule has 0 fully saturated rings. The molecule has 1 unspecified atom stereocenters. The van der Waals surface area contributed by atoms with Crippen molar-refractivity contribution in [3.8, 4) is 0 Å². The number of benzene rings is 1. The molecule has 3 rings (SSSR count). The average Bonchev–Trinajstić information content (AvgIpc) is 3.03. The number of hydrogen-bond donors (Lipinski definition) is 4. The molecule has 36 heavy (non-hydrogen) atoms. The van der Waals surface area contributed by atoms with Crippen LogP contribution < -0.4 is 11.5 Å². The van der Waals surface area contributed by atoms with Crippen LogP contribution in [0.15, 0.2) is 76.8 Å². The van der Waals surface area contributed by atoms with Gasteiger partial charge in [0.1, 0.15) is 11.3 Å². The Kier molecular flexibility index (Phi) is 11.7. The summed E-state index contributed by atoms with van der Waals surface area (Å²) in [7, 11) is 0. The summed E-state index contributed by atoms with van der Waals surface area (Å²) in [5.74, 6) is -4.76. The number of carboxylic acids is 2. The Balaban J connectivity index is 0.000000306. The minimum Gasteiger partial charge on any atom is -0.480 e. The summed E-state index contributed by atoms with van der Waals surface area (Å²) >= 11 is 1.29. The Hall–Kier alpha value is -3.84. The standard InChI is InChI=1S/C13H13NO3S.C8H9NO2.C2HF3O2/c1-2-17-13(16)10-8-6-4-3-5-7-9(8)18-11(10)12(14)15;9-7(8(10)11)6-4-2-1-3-5-6;3-2(4,5)1(6)7/h3-7,11H,2H2,1H3,(H2,14,15);1-5,7H,9H2,(H,10,11);(H,6,7)/t;7-;/m.0./s1. The van der Waals surface area contributed by atoms with Crippen LogP contribution in [0.3, 0.4) is 0 Å². The number of alkyl halides is 3. The summed E-state index contributed by atoms with van der Waals surface area (Å²) in [6.45, 7) is 2.00. The molecule has 1 amide bonds. The average molecular weight is 529 g/mol. The number of carbonyl (C=O) groups is 4. The first-order valence-corrected chi connectivity index (χ1v) is 10.9. The highest BCUT2D eigenvalue weighted by Crippen LogP contribution is 2.43. The van der Waals surface area contributed by atoms with E-state index < -0.39 is 41.3 Å². The zero-order chi connectivity index (χ0) is 27.5. The normalized spacial score (nSPS) is 16.7. The first-order valence-electron chi connectivity index (χ1n) is 10.1. The molecule has 1 aliphatic heterocycles. The molecule has 0 saturated carbocycles. The van der Waals surface area contributed by atoms with Gasteiger partial charge in [-0.15, -0.1) is 11.8 Å². The number of carbonyl (C=O) groups excluding carboxylic acids is 2. The second-order valence-corrected chi connectivity index (χ2v) is 7.90. The number of thioether (sulfide) groups is 1. The maximum Gasteiger partial charge on any atom is 0.490 e. The van der Waals surface area contributed by atoms with Crippen LogP contribution in [0.2, 0.25) is 0 Å². The number of hydrogen-bond acceptors (Lipinski definition) is 7. The van der Waals surface area contributed by atoms with Crippen molar-refractivity contribution >= 4 is 35.6 Å². The lowest BCUT2D eigenvalue weighted by Crippen LogP contribution is -2.29. The number of ether oxygens (including phenoxy) is 1. The van der Waals surface area contributed by atoms with Crippen molar-refractivity contribution in [2.24, 2.45) is 11.5 Å². The van der Waals surface area contributed by atoms with Crippen LogP contribution in [-0.4, -0.2) is 52.1 Å². The van der Waals surface area contributed by atoms with Crippen molar-refractivity contribution in [3.05, 3.63) is 82.3 Å². The summed E-state index contributed by atoms with van der Waals surface area (Å²) in [5, 5.41) is 15.0. The van der Waals surface area contributed by atoms with Crippen molar-refractivity contribution in [3.63, 3.8) is 0 Å². The molecule has 0 spiro atoms. The van der Waals surface area contributed by atoms with Gasteiger partial charge in [-0.25, -0.2) is 9.59 Å². The van der Waals surface area contributed by atoms with Crippen LogP contribution in [-0.2, 0) is 23.9 Å². The third-order valence-corrected chi connectivity index (χ3v) is 5.53. The summed E-state index contributed by atoms with van der Waals surface area (Å²) in [5.41, 5.74) is 12.4. The van der Waals surface area contributed by atoms with E-state index in [-0.39, 0.29) is 6.61 Å². The predicted octanol–water partition coefficient (Wildman–Crippen LogP) is 2.86. The molecule has 1 aromatic carbocycles. The molecule has 0 radical (unpaired) electrons. The molecule has 2 atom stereocenters. The van der Waals surface area contributed by atoms with E-state index >= 15 is 0 Å². The Morgan fingerprint density at radius 1 is 1.08 bits per heavy atom. The van der Waals surface area contributed by atoms with E-state index in [1.165, 1.54) is 11.8 Å². The summed E-state index contributed by atoms with van der Waals surface area (Å²) in [6, 6.07) is 7.82. The summed E-state index contributed by atoms with van der Waals surface area (Å²) in [4.78, 5) is 43.5. The SMILES string of the molecule is CCOC(=O)C1=C2C=CC=CC=C2SC1C(N)=O.N[C@H](C(=O)O)c1ccccc1.O=C(O)C(F)(F)F. The molecule has 0 aromatic heterocycles. The number of esters is 1. The van der Waals surface area contributed by atoms with E-state index in [9.17, 15) is 27.6 Å². The van der Waals surface area contributed by atoms with Gasteiger partial charge in [0.05, 0.1) is 12.2 Å². The number of fused-ring (bicyclic) bond motifs is 1. The Morgan fingerprint density at radius 3 is 2.14 bits per heavy atom. The van der Waals surface area contributed by atoms with E-state index in [1.807, 2.05) is 30.4 Å². The highest BCUT2D eigenvalue weighted by molar-refractivity contribution is 8.05. The van der Waals surface area contributed by atoms with E-state index in [2.05, 4.69) is 0 Å². The van der Waals surface area contributed by atoms with Gasteiger partial charge in [0.25, 0.3) is 0 Å². The van der Waals surface area contributed by atoms with E-state index in [1.54, 1.807) is 37.3 Å². The van der Waals surface area contributed by atoms with Gasteiger partial charge in [-0.3, -0.25) is 9.59 Å². The molecule has 13 heteroatoms. The van der Waals surface area contributed by atoms with Crippen LogP contribution >= 0.6 is 11.8 Å². The van der Waals surface area contributed by atoms with Gasteiger partial charge in [-0.2, -0.15) is 13.2 Å². The zero-order valence-corrected chi connectivity index (χ0v) is 19.6. The summed E-state index contributed by atoms with van der Waals surface area (Å²) < 4.78 is 36.7. The number of primary amides is 1. The molecule has 194 valence electrons. The number of halogens is 3. The van der Waals surface area contributed by atoms with Crippen molar-refractivity contribution in [2.75, 3.05) is 6.61 Å². The lowest BCUT2D eigenvalue weighted by molar-refractivity contribution is -0.192. The quantitative estimate of drug-likeness (QED) is 0.420. The maximum atomic E-state index is 11.9. The first-order chi connectivity index (χ1) is 16.8. The maximum absolute atomic E-state index is 11.9. The minimum absolute atomic E-state index is 0.271. The van der Waals surface area contributed by atoms with Crippen molar-refractivity contribution < 1.29 is 47.3 Å².